The number of amides is 2. The maximum absolute atomic E-state index is 12.2. The highest BCUT2D eigenvalue weighted by atomic mass is 16.5. The van der Waals surface area contributed by atoms with E-state index in [1.165, 1.54) is 0 Å². The van der Waals surface area contributed by atoms with Crippen LogP contribution >= 0.6 is 0 Å². The third-order valence-corrected chi connectivity index (χ3v) is 4.22. The highest BCUT2D eigenvalue weighted by Gasteiger charge is 2.19. The SMILES string of the molecule is CNC(=O)Nc1cc2c(cc1N1CCOCC1)n(C)c(=O)n2C. The number of morpholine rings is 1. The van der Waals surface area contributed by atoms with Gasteiger partial charge in [0.05, 0.1) is 35.6 Å². The molecule has 0 aliphatic carbocycles. The van der Waals surface area contributed by atoms with Gasteiger partial charge in [0.25, 0.3) is 0 Å². The van der Waals surface area contributed by atoms with Crippen LogP contribution in [0.25, 0.3) is 11.0 Å². The molecule has 2 N–H and O–H groups in total. The maximum Gasteiger partial charge on any atom is 0.328 e. The Kier molecular flexibility index (Phi) is 3.99. The average Bonchev–Trinajstić information content (AvgIpc) is 2.79. The topological polar surface area (TPSA) is 80.5 Å². The van der Waals surface area contributed by atoms with Crippen LogP contribution in [-0.4, -0.2) is 48.5 Å². The van der Waals surface area contributed by atoms with Gasteiger partial charge in [-0.2, -0.15) is 0 Å². The lowest BCUT2D eigenvalue weighted by Gasteiger charge is -2.30. The Morgan fingerprint density at radius 2 is 1.74 bits per heavy atom. The number of rotatable bonds is 2. The van der Waals surface area contributed by atoms with Crippen molar-refractivity contribution in [3.05, 3.63) is 22.6 Å². The molecule has 1 aliphatic heterocycles. The Bertz CT molecular complexity index is 802. The molecule has 0 atom stereocenters. The summed E-state index contributed by atoms with van der Waals surface area (Å²) in [6.07, 6.45) is 0. The molecule has 0 spiro atoms. The summed E-state index contributed by atoms with van der Waals surface area (Å²) >= 11 is 0. The standard InChI is InChI=1S/C15H21N5O3/c1-16-14(21)17-10-8-12-13(19(3)15(22)18(12)2)9-11(10)20-4-6-23-7-5-20/h8-9H,4-7H2,1-3H3,(H2,16,17,21). The summed E-state index contributed by atoms with van der Waals surface area (Å²) in [7, 11) is 5.04. The van der Waals surface area contributed by atoms with Crippen LogP contribution in [0.2, 0.25) is 0 Å². The number of ether oxygens (including phenoxy) is 1. The Hall–Kier alpha value is -2.48. The van der Waals surface area contributed by atoms with Crippen LogP contribution in [0.15, 0.2) is 16.9 Å². The van der Waals surface area contributed by atoms with Crippen molar-refractivity contribution in [2.24, 2.45) is 14.1 Å². The molecule has 8 heteroatoms. The number of nitrogens with one attached hydrogen (secondary N) is 2. The summed E-state index contributed by atoms with van der Waals surface area (Å²) in [4.78, 5) is 26.1. The van der Waals surface area contributed by atoms with Gasteiger partial charge in [-0.15, -0.1) is 0 Å². The lowest BCUT2D eigenvalue weighted by atomic mass is 10.2. The van der Waals surface area contributed by atoms with E-state index in [1.54, 1.807) is 30.3 Å². The van der Waals surface area contributed by atoms with Crippen LogP contribution in [-0.2, 0) is 18.8 Å². The van der Waals surface area contributed by atoms with Crippen LogP contribution in [0, 0.1) is 0 Å². The van der Waals surface area contributed by atoms with Crippen molar-refractivity contribution < 1.29 is 9.53 Å². The number of aromatic nitrogens is 2. The molecular weight excluding hydrogens is 298 g/mol. The van der Waals surface area contributed by atoms with Gasteiger partial charge in [0.1, 0.15) is 0 Å². The quantitative estimate of drug-likeness (QED) is 0.843. The molecule has 1 fully saturated rings. The largest absolute Gasteiger partial charge is 0.378 e. The predicted molar refractivity (Wildman–Crippen MR) is 89.3 cm³/mol. The van der Waals surface area contributed by atoms with Gasteiger partial charge in [0.2, 0.25) is 0 Å². The van der Waals surface area contributed by atoms with Crippen LogP contribution in [0.1, 0.15) is 0 Å². The van der Waals surface area contributed by atoms with Gasteiger partial charge in [-0.05, 0) is 12.1 Å². The number of carbonyl (C=O) groups excluding carboxylic acids is 1. The highest BCUT2D eigenvalue weighted by molar-refractivity contribution is 5.97. The molecule has 0 bridgehead atoms. The Morgan fingerprint density at radius 1 is 1.13 bits per heavy atom. The number of hydrogen-bond donors (Lipinski definition) is 2. The average molecular weight is 319 g/mol. The van der Waals surface area contributed by atoms with Crippen molar-refractivity contribution >= 4 is 28.4 Å². The third kappa shape index (κ3) is 2.65. The first kappa shape index (κ1) is 15.4. The summed E-state index contributed by atoms with van der Waals surface area (Å²) in [6.45, 7) is 2.78. The van der Waals surface area contributed by atoms with Gasteiger partial charge < -0.3 is 20.3 Å². The van der Waals surface area contributed by atoms with Crippen LogP contribution in [0.3, 0.4) is 0 Å². The van der Waals surface area contributed by atoms with E-state index < -0.39 is 0 Å². The Labute approximate surface area is 133 Å². The summed E-state index contributed by atoms with van der Waals surface area (Å²) in [5.41, 5.74) is 3.10. The molecule has 2 amide bonds. The molecular formula is C15H21N5O3. The number of fused-ring (bicyclic) bond motifs is 1. The predicted octanol–water partition coefficient (Wildman–Crippen LogP) is 0.465. The molecule has 23 heavy (non-hydrogen) atoms. The minimum Gasteiger partial charge on any atom is -0.378 e. The van der Waals surface area contributed by atoms with Gasteiger partial charge in [0.15, 0.2) is 0 Å². The van der Waals surface area contributed by atoms with Gasteiger partial charge in [-0.25, -0.2) is 9.59 Å². The fourth-order valence-corrected chi connectivity index (χ4v) is 2.88. The molecule has 1 aliphatic rings. The number of anilines is 2. The van der Waals surface area contributed by atoms with Gasteiger partial charge in [-0.1, -0.05) is 0 Å². The molecule has 1 saturated heterocycles. The smallest absolute Gasteiger partial charge is 0.328 e. The van der Waals surface area contributed by atoms with E-state index in [9.17, 15) is 9.59 Å². The number of urea groups is 1. The van der Waals surface area contributed by atoms with E-state index in [0.29, 0.717) is 18.9 Å². The molecule has 0 unspecified atom stereocenters. The van der Waals surface area contributed by atoms with Crippen molar-refractivity contribution in [3.8, 4) is 0 Å². The van der Waals surface area contributed by atoms with Crippen molar-refractivity contribution in [1.82, 2.24) is 14.5 Å². The van der Waals surface area contributed by atoms with E-state index in [4.69, 9.17) is 4.74 Å². The van der Waals surface area contributed by atoms with Crippen molar-refractivity contribution in [3.63, 3.8) is 0 Å². The first-order valence-corrected chi connectivity index (χ1v) is 7.54. The van der Waals surface area contributed by atoms with E-state index >= 15 is 0 Å². The summed E-state index contributed by atoms with van der Waals surface area (Å²) in [6, 6.07) is 3.50. The van der Waals surface area contributed by atoms with Crippen LogP contribution in [0.5, 0.6) is 0 Å². The van der Waals surface area contributed by atoms with Gasteiger partial charge >= 0.3 is 11.7 Å². The van der Waals surface area contributed by atoms with Crippen molar-refractivity contribution in [2.45, 2.75) is 0 Å². The first-order chi connectivity index (χ1) is 11.0. The Morgan fingerprint density at radius 3 is 2.35 bits per heavy atom. The first-order valence-electron chi connectivity index (χ1n) is 7.54. The monoisotopic (exact) mass is 319 g/mol. The van der Waals surface area contributed by atoms with E-state index in [-0.39, 0.29) is 11.7 Å². The zero-order valence-electron chi connectivity index (χ0n) is 13.5. The summed E-state index contributed by atoms with van der Waals surface area (Å²) in [5, 5.41) is 5.40. The fraction of sp³-hybridized carbons (Fsp3) is 0.467. The number of aryl methyl sites for hydroxylation is 2. The second kappa shape index (κ2) is 5.96. The zero-order valence-corrected chi connectivity index (χ0v) is 13.5. The second-order valence-corrected chi connectivity index (χ2v) is 5.56. The number of benzene rings is 1. The minimum atomic E-state index is -0.292. The molecule has 0 saturated carbocycles. The molecule has 2 aromatic rings. The molecule has 124 valence electrons. The fourth-order valence-electron chi connectivity index (χ4n) is 2.88. The number of imidazole rings is 1. The summed E-state index contributed by atoms with van der Waals surface area (Å²) in [5.74, 6) is 0. The van der Waals surface area contributed by atoms with Crippen LogP contribution < -0.4 is 21.2 Å². The normalized spacial score (nSPS) is 15.0. The maximum atomic E-state index is 12.2. The molecule has 8 nitrogen and oxygen atoms in total. The zero-order chi connectivity index (χ0) is 16.6. The number of hydrogen-bond acceptors (Lipinski definition) is 4. The van der Waals surface area contributed by atoms with Gasteiger partial charge in [-0.3, -0.25) is 9.13 Å². The second-order valence-electron chi connectivity index (χ2n) is 5.56. The van der Waals surface area contributed by atoms with Crippen LogP contribution in [0.4, 0.5) is 16.2 Å². The van der Waals surface area contributed by atoms with E-state index in [1.807, 2.05) is 12.1 Å². The van der Waals surface area contributed by atoms with Crippen molar-refractivity contribution in [2.75, 3.05) is 43.6 Å². The highest BCUT2D eigenvalue weighted by Crippen LogP contribution is 2.31. The lowest BCUT2D eigenvalue weighted by Crippen LogP contribution is -2.37. The molecule has 3 rings (SSSR count). The summed E-state index contributed by atoms with van der Waals surface area (Å²) < 4.78 is 8.59. The molecule has 1 aromatic heterocycles. The third-order valence-electron chi connectivity index (χ3n) is 4.22. The molecule has 0 radical (unpaired) electrons. The van der Waals surface area contributed by atoms with Gasteiger partial charge in [0, 0.05) is 34.2 Å². The van der Waals surface area contributed by atoms with Crippen molar-refractivity contribution in [1.29, 1.82) is 0 Å². The Balaban J connectivity index is 2.17. The molecule has 2 heterocycles. The van der Waals surface area contributed by atoms with E-state index in [2.05, 4.69) is 15.5 Å². The number of carbonyl (C=O) groups is 1. The van der Waals surface area contributed by atoms with E-state index in [0.717, 1.165) is 29.8 Å². The minimum absolute atomic E-state index is 0.0926. The lowest BCUT2D eigenvalue weighted by molar-refractivity contribution is 0.123. The number of nitrogens with zero attached hydrogens (tertiary/aromatic N) is 3. The molecule has 1 aromatic carbocycles.